The smallest absolute Gasteiger partial charge is 0.0535 e. The van der Waals surface area contributed by atoms with Gasteiger partial charge in [-0.3, -0.25) is 0 Å². The number of benzene rings is 1. The van der Waals surface area contributed by atoms with Crippen molar-refractivity contribution in [2.45, 2.75) is 0 Å². The summed E-state index contributed by atoms with van der Waals surface area (Å²) in [6, 6.07) is 19.4. The predicted octanol–water partition coefficient (Wildman–Crippen LogP) is 6.87. The zero-order valence-electron chi connectivity index (χ0n) is 11.2. The standard InChI is InChI=1S/C18H12S3/c1-2-5-13(6-3-1)14-8-11-20-17(14)18-15(9-12-21-18)16-7-4-10-19-16/h1-12H. The van der Waals surface area contributed by atoms with E-state index in [1.165, 1.54) is 31.3 Å². The Morgan fingerprint density at radius 1 is 0.524 bits per heavy atom. The molecular weight excluding hydrogens is 312 g/mol. The maximum absolute atomic E-state index is 2.24. The lowest BCUT2D eigenvalue weighted by Crippen LogP contribution is -1.78. The monoisotopic (exact) mass is 324 g/mol. The second-order valence-corrected chi connectivity index (χ2v) is 7.45. The Labute approximate surface area is 136 Å². The highest BCUT2D eigenvalue weighted by atomic mass is 32.1. The SMILES string of the molecule is c1ccc(-c2ccsc2-c2sccc2-c2cccs2)cc1. The van der Waals surface area contributed by atoms with Gasteiger partial charge in [0.1, 0.15) is 0 Å². The van der Waals surface area contributed by atoms with Gasteiger partial charge in [-0.1, -0.05) is 36.4 Å². The van der Waals surface area contributed by atoms with Crippen molar-refractivity contribution in [1.29, 1.82) is 0 Å². The Balaban J connectivity index is 1.87. The van der Waals surface area contributed by atoms with E-state index in [2.05, 4.69) is 70.7 Å². The Morgan fingerprint density at radius 3 is 1.95 bits per heavy atom. The second-order valence-electron chi connectivity index (χ2n) is 4.67. The van der Waals surface area contributed by atoms with Crippen LogP contribution in [-0.4, -0.2) is 0 Å². The van der Waals surface area contributed by atoms with E-state index >= 15 is 0 Å². The highest BCUT2D eigenvalue weighted by Gasteiger charge is 2.15. The fourth-order valence-electron chi connectivity index (χ4n) is 2.44. The van der Waals surface area contributed by atoms with Gasteiger partial charge in [0.2, 0.25) is 0 Å². The van der Waals surface area contributed by atoms with E-state index in [0.717, 1.165) is 0 Å². The molecule has 0 saturated carbocycles. The summed E-state index contributed by atoms with van der Waals surface area (Å²) < 4.78 is 0. The Morgan fingerprint density at radius 2 is 1.24 bits per heavy atom. The van der Waals surface area contributed by atoms with Crippen LogP contribution < -0.4 is 0 Å². The van der Waals surface area contributed by atoms with Crippen molar-refractivity contribution in [3.8, 4) is 31.3 Å². The van der Waals surface area contributed by atoms with Gasteiger partial charge in [0, 0.05) is 16.0 Å². The lowest BCUT2D eigenvalue weighted by atomic mass is 10.0. The van der Waals surface area contributed by atoms with Gasteiger partial charge < -0.3 is 0 Å². The lowest BCUT2D eigenvalue weighted by Gasteiger charge is -2.05. The summed E-state index contributed by atoms with van der Waals surface area (Å²) in [5.74, 6) is 0. The van der Waals surface area contributed by atoms with Crippen LogP contribution in [0.1, 0.15) is 0 Å². The molecule has 0 bridgehead atoms. The first-order valence-electron chi connectivity index (χ1n) is 6.68. The van der Waals surface area contributed by atoms with Crippen molar-refractivity contribution in [1.82, 2.24) is 0 Å². The maximum atomic E-state index is 2.24. The highest BCUT2D eigenvalue weighted by molar-refractivity contribution is 7.22. The fourth-order valence-corrected chi connectivity index (χ4v) is 5.28. The van der Waals surface area contributed by atoms with Gasteiger partial charge in [-0.15, -0.1) is 34.0 Å². The van der Waals surface area contributed by atoms with Gasteiger partial charge in [-0.05, 0) is 39.9 Å². The molecule has 3 heteroatoms. The van der Waals surface area contributed by atoms with E-state index in [-0.39, 0.29) is 0 Å². The summed E-state index contributed by atoms with van der Waals surface area (Å²) in [7, 11) is 0. The summed E-state index contributed by atoms with van der Waals surface area (Å²) in [5, 5.41) is 6.53. The molecule has 0 radical (unpaired) electrons. The van der Waals surface area contributed by atoms with Crippen LogP contribution >= 0.6 is 34.0 Å². The van der Waals surface area contributed by atoms with Crippen molar-refractivity contribution in [2.24, 2.45) is 0 Å². The van der Waals surface area contributed by atoms with E-state index in [0.29, 0.717) is 0 Å². The molecule has 0 nitrogen and oxygen atoms in total. The molecule has 3 heterocycles. The molecule has 0 aliphatic rings. The first-order chi connectivity index (χ1) is 10.4. The normalized spacial score (nSPS) is 10.9. The summed E-state index contributed by atoms with van der Waals surface area (Å²) >= 11 is 5.47. The third-order valence-electron chi connectivity index (χ3n) is 3.41. The zero-order valence-corrected chi connectivity index (χ0v) is 13.6. The summed E-state index contributed by atoms with van der Waals surface area (Å²) in [6.45, 7) is 0. The molecule has 1 aromatic carbocycles. The van der Waals surface area contributed by atoms with Gasteiger partial charge >= 0.3 is 0 Å². The largest absolute Gasteiger partial charge is 0.144 e. The molecule has 21 heavy (non-hydrogen) atoms. The minimum atomic E-state index is 1.29. The molecule has 0 spiro atoms. The third-order valence-corrected chi connectivity index (χ3v) is 6.30. The molecule has 0 saturated heterocycles. The van der Waals surface area contributed by atoms with E-state index < -0.39 is 0 Å². The molecule has 0 amide bonds. The molecule has 0 fully saturated rings. The van der Waals surface area contributed by atoms with Gasteiger partial charge in [-0.2, -0.15) is 0 Å². The van der Waals surface area contributed by atoms with E-state index in [4.69, 9.17) is 0 Å². The van der Waals surface area contributed by atoms with Crippen molar-refractivity contribution >= 4 is 34.0 Å². The van der Waals surface area contributed by atoms with Crippen LogP contribution in [0.3, 0.4) is 0 Å². The topological polar surface area (TPSA) is 0 Å². The van der Waals surface area contributed by atoms with Gasteiger partial charge in [0.05, 0.1) is 9.75 Å². The van der Waals surface area contributed by atoms with Crippen molar-refractivity contribution in [2.75, 3.05) is 0 Å². The average Bonchev–Trinajstić information content (AvgIpc) is 3.27. The first kappa shape index (κ1) is 13.0. The Kier molecular flexibility index (Phi) is 3.47. The van der Waals surface area contributed by atoms with Crippen LogP contribution in [0.4, 0.5) is 0 Å². The number of hydrogen-bond acceptors (Lipinski definition) is 3. The van der Waals surface area contributed by atoms with Crippen LogP contribution in [0.2, 0.25) is 0 Å². The molecule has 102 valence electrons. The van der Waals surface area contributed by atoms with Crippen molar-refractivity contribution in [3.63, 3.8) is 0 Å². The molecule has 0 aliphatic heterocycles. The van der Waals surface area contributed by atoms with E-state index in [1.54, 1.807) is 11.3 Å². The quantitative estimate of drug-likeness (QED) is 0.385. The molecule has 3 aromatic heterocycles. The molecule has 4 rings (SSSR count). The van der Waals surface area contributed by atoms with Crippen LogP contribution in [0.25, 0.3) is 31.3 Å². The minimum Gasteiger partial charge on any atom is -0.144 e. The van der Waals surface area contributed by atoms with Gasteiger partial charge in [0.25, 0.3) is 0 Å². The van der Waals surface area contributed by atoms with E-state index in [1.807, 2.05) is 22.7 Å². The zero-order chi connectivity index (χ0) is 14.1. The summed E-state index contributed by atoms with van der Waals surface area (Å²) in [5.41, 5.74) is 3.98. The minimum absolute atomic E-state index is 1.29. The molecule has 0 aliphatic carbocycles. The van der Waals surface area contributed by atoms with Crippen LogP contribution in [0, 0.1) is 0 Å². The van der Waals surface area contributed by atoms with Crippen molar-refractivity contribution < 1.29 is 0 Å². The number of rotatable bonds is 3. The Hall–Kier alpha value is -1.68. The third kappa shape index (κ3) is 2.38. The fraction of sp³-hybridized carbons (Fsp3) is 0. The first-order valence-corrected chi connectivity index (χ1v) is 9.32. The molecule has 0 atom stereocenters. The molecular formula is C18H12S3. The van der Waals surface area contributed by atoms with Crippen molar-refractivity contribution in [3.05, 3.63) is 70.7 Å². The Bertz CT molecular complexity index is 836. The average molecular weight is 324 g/mol. The second kappa shape index (κ2) is 5.60. The summed E-state index contributed by atoms with van der Waals surface area (Å²) in [4.78, 5) is 4.10. The highest BCUT2D eigenvalue weighted by Crippen LogP contribution is 2.45. The van der Waals surface area contributed by atoms with Crippen LogP contribution in [0.15, 0.2) is 70.7 Å². The molecule has 4 aromatic rings. The van der Waals surface area contributed by atoms with Crippen LogP contribution in [0.5, 0.6) is 0 Å². The molecule has 0 unspecified atom stereocenters. The number of thiophene rings is 3. The van der Waals surface area contributed by atoms with Gasteiger partial charge in [0.15, 0.2) is 0 Å². The summed E-state index contributed by atoms with van der Waals surface area (Å²) in [6.07, 6.45) is 0. The van der Waals surface area contributed by atoms with E-state index in [9.17, 15) is 0 Å². The molecule has 0 N–H and O–H groups in total. The maximum Gasteiger partial charge on any atom is 0.0535 e. The lowest BCUT2D eigenvalue weighted by molar-refractivity contribution is 1.67. The van der Waals surface area contributed by atoms with Gasteiger partial charge in [-0.25, -0.2) is 0 Å². The predicted molar refractivity (Wildman–Crippen MR) is 96.4 cm³/mol. The number of hydrogen-bond donors (Lipinski definition) is 0. The van der Waals surface area contributed by atoms with Crippen LogP contribution in [-0.2, 0) is 0 Å².